The highest BCUT2D eigenvalue weighted by Crippen LogP contribution is 2.32. The van der Waals surface area contributed by atoms with E-state index in [2.05, 4.69) is 37.2 Å². The summed E-state index contributed by atoms with van der Waals surface area (Å²) < 4.78 is 12.0. The van der Waals surface area contributed by atoms with Crippen LogP contribution in [0.2, 0.25) is 10.0 Å². The van der Waals surface area contributed by atoms with Crippen LogP contribution in [0.1, 0.15) is 51.8 Å². The molecule has 3 aromatic carbocycles. The Morgan fingerprint density at radius 3 is 1.78 bits per heavy atom. The lowest BCUT2D eigenvalue weighted by Gasteiger charge is -2.20. The highest BCUT2D eigenvalue weighted by atomic mass is 79.9. The van der Waals surface area contributed by atoms with Crippen LogP contribution in [0.4, 0.5) is 0 Å². The van der Waals surface area contributed by atoms with Crippen molar-refractivity contribution in [2.75, 3.05) is 6.54 Å². The van der Waals surface area contributed by atoms with Gasteiger partial charge < -0.3 is 14.8 Å². The first-order chi connectivity index (χ1) is 16.8. The number of ether oxygens (including phenoxy) is 2. The van der Waals surface area contributed by atoms with Crippen molar-refractivity contribution in [3.05, 3.63) is 90.3 Å². The van der Waals surface area contributed by atoms with Crippen LogP contribution in [0, 0.1) is 0 Å². The Bertz CT molecular complexity index is 1340. The summed E-state index contributed by atoms with van der Waals surface area (Å²) in [6.07, 6.45) is 0. The molecule has 0 saturated heterocycles. The molecule has 0 bridgehead atoms. The van der Waals surface area contributed by atoms with E-state index in [0.717, 1.165) is 0 Å². The first-order valence-electron chi connectivity index (χ1n) is 10.6. The summed E-state index contributed by atoms with van der Waals surface area (Å²) in [4.78, 5) is 38.6. The predicted octanol–water partition coefficient (Wildman–Crippen LogP) is 7.53. The number of carbonyl (C=O) groups excluding carboxylic acids is 3. The molecule has 36 heavy (non-hydrogen) atoms. The number of Topliss-reactive ketones (excluding diaryl/α,β-unsaturated/α-hetero) is 1. The summed E-state index contributed by atoms with van der Waals surface area (Å²) >= 11 is 18.7. The maximum atomic E-state index is 13.0. The molecule has 3 aromatic rings. The largest absolute Gasteiger partial charge is 0.419 e. The van der Waals surface area contributed by atoms with Crippen LogP contribution < -0.4 is 14.8 Å². The molecule has 0 radical (unpaired) electrons. The lowest BCUT2D eigenvalue weighted by molar-refractivity contribution is 0.0681. The number of esters is 2. The van der Waals surface area contributed by atoms with Gasteiger partial charge in [-0.25, -0.2) is 9.59 Å². The number of ketones is 1. The lowest BCUT2D eigenvalue weighted by atomic mass is 10.1. The molecular weight excluding hydrogens is 637 g/mol. The second kappa shape index (κ2) is 11.9. The molecular formula is C26H21Br2Cl2NO5. The fourth-order valence-electron chi connectivity index (χ4n) is 2.91. The highest BCUT2D eigenvalue weighted by molar-refractivity contribution is 9.10. The fourth-order valence-corrected chi connectivity index (χ4v) is 4.07. The molecule has 0 amide bonds. The summed E-state index contributed by atoms with van der Waals surface area (Å²) in [5.41, 5.74) is 0.322. The van der Waals surface area contributed by atoms with Crippen molar-refractivity contribution in [1.29, 1.82) is 0 Å². The quantitative estimate of drug-likeness (QED) is 0.161. The van der Waals surface area contributed by atoms with Gasteiger partial charge in [0.2, 0.25) is 0 Å². The van der Waals surface area contributed by atoms with E-state index >= 15 is 0 Å². The van der Waals surface area contributed by atoms with Crippen LogP contribution in [0.15, 0.2) is 63.5 Å². The molecule has 0 aromatic heterocycles. The minimum Gasteiger partial charge on any atom is -0.419 e. The molecule has 0 aliphatic rings. The van der Waals surface area contributed by atoms with Crippen molar-refractivity contribution < 1.29 is 23.9 Å². The number of hydrogen-bond donors (Lipinski definition) is 1. The van der Waals surface area contributed by atoms with Gasteiger partial charge in [0.25, 0.3) is 0 Å². The van der Waals surface area contributed by atoms with Crippen molar-refractivity contribution in [3.8, 4) is 11.5 Å². The number of halogens is 4. The maximum Gasteiger partial charge on any atom is 0.344 e. The molecule has 1 N–H and O–H groups in total. The van der Waals surface area contributed by atoms with E-state index < -0.39 is 11.9 Å². The highest BCUT2D eigenvalue weighted by Gasteiger charge is 2.22. The van der Waals surface area contributed by atoms with Gasteiger partial charge in [0.1, 0.15) is 0 Å². The average molecular weight is 658 g/mol. The molecule has 0 spiro atoms. The Morgan fingerprint density at radius 1 is 0.778 bits per heavy atom. The number of nitrogens with one attached hydrogen (secondary N) is 1. The number of carbonyl (C=O) groups is 3. The van der Waals surface area contributed by atoms with Gasteiger partial charge in [-0.3, -0.25) is 4.79 Å². The van der Waals surface area contributed by atoms with Gasteiger partial charge in [0, 0.05) is 30.1 Å². The van der Waals surface area contributed by atoms with Crippen LogP contribution in [0.3, 0.4) is 0 Å². The van der Waals surface area contributed by atoms with E-state index in [4.69, 9.17) is 32.7 Å². The van der Waals surface area contributed by atoms with E-state index in [1.807, 2.05) is 20.8 Å². The third-order valence-electron chi connectivity index (χ3n) is 4.75. The fraction of sp³-hybridized carbons (Fsp3) is 0.192. The van der Waals surface area contributed by atoms with E-state index in [9.17, 15) is 14.4 Å². The second-order valence-electron chi connectivity index (χ2n) is 8.72. The molecule has 0 atom stereocenters. The predicted molar refractivity (Wildman–Crippen MR) is 147 cm³/mol. The molecule has 0 saturated carbocycles. The summed E-state index contributed by atoms with van der Waals surface area (Å²) in [7, 11) is 0. The number of rotatable bonds is 7. The minimum absolute atomic E-state index is 0.0568. The molecule has 0 unspecified atom stereocenters. The van der Waals surface area contributed by atoms with E-state index in [1.165, 1.54) is 30.3 Å². The molecule has 188 valence electrons. The van der Waals surface area contributed by atoms with Crippen LogP contribution in [0.25, 0.3) is 0 Å². The molecule has 10 heteroatoms. The van der Waals surface area contributed by atoms with Gasteiger partial charge >= 0.3 is 11.9 Å². The molecule has 0 fully saturated rings. The molecule has 0 aliphatic carbocycles. The van der Waals surface area contributed by atoms with Gasteiger partial charge in [0.05, 0.1) is 17.7 Å². The zero-order chi connectivity index (χ0) is 26.6. The summed E-state index contributed by atoms with van der Waals surface area (Å²) in [5, 5.41) is 3.79. The van der Waals surface area contributed by atoms with E-state index in [1.54, 1.807) is 24.3 Å². The monoisotopic (exact) mass is 655 g/mol. The van der Waals surface area contributed by atoms with Crippen molar-refractivity contribution in [3.63, 3.8) is 0 Å². The summed E-state index contributed by atoms with van der Waals surface area (Å²) in [5.74, 6) is -1.90. The summed E-state index contributed by atoms with van der Waals surface area (Å²) in [6.45, 7) is 5.87. The van der Waals surface area contributed by atoms with Crippen molar-refractivity contribution in [2.24, 2.45) is 0 Å². The number of benzene rings is 3. The Balaban J connectivity index is 1.96. The van der Waals surface area contributed by atoms with Crippen LogP contribution >= 0.6 is 55.1 Å². The zero-order valence-electron chi connectivity index (χ0n) is 19.5. The third-order valence-corrected chi connectivity index (χ3v) is 6.60. The summed E-state index contributed by atoms with van der Waals surface area (Å²) in [6, 6.07) is 13.6. The van der Waals surface area contributed by atoms with Gasteiger partial charge in [-0.2, -0.15) is 0 Å². The third kappa shape index (κ3) is 7.63. The van der Waals surface area contributed by atoms with Gasteiger partial charge in [0.15, 0.2) is 17.3 Å². The SMILES string of the molecule is CC(C)(C)NCC(=O)c1ccc(OC(=O)c2cc(Cl)ccc2Br)c(OC(=O)c2cc(Cl)ccc2Br)c1. The molecule has 3 rings (SSSR count). The van der Waals surface area contributed by atoms with Gasteiger partial charge in [-0.05, 0) is 107 Å². The normalized spacial score (nSPS) is 11.2. The minimum atomic E-state index is -0.761. The molecule has 0 aliphatic heterocycles. The Hall–Kier alpha value is -2.23. The van der Waals surface area contributed by atoms with Gasteiger partial charge in [-0.15, -0.1) is 0 Å². The van der Waals surface area contributed by atoms with Crippen LogP contribution in [0.5, 0.6) is 11.5 Å². The average Bonchev–Trinajstić information content (AvgIpc) is 2.81. The number of hydrogen-bond acceptors (Lipinski definition) is 6. The lowest BCUT2D eigenvalue weighted by Crippen LogP contribution is -2.39. The maximum absolute atomic E-state index is 13.0. The van der Waals surface area contributed by atoms with Gasteiger partial charge in [-0.1, -0.05) is 23.2 Å². The Kier molecular flexibility index (Phi) is 9.35. The first kappa shape index (κ1) is 28.3. The zero-order valence-corrected chi connectivity index (χ0v) is 24.1. The Morgan fingerprint density at radius 2 is 1.28 bits per heavy atom. The van der Waals surface area contributed by atoms with E-state index in [-0.39, 0.29) is 46.1 Å². The van der Waals surface area contributed by atoms with Crippen LogP contribution in [-0.2, 0) is 0 Å². The topological polar surface area (TPSA) is 81.7 Å². The smallest absolute Gasteiger partial charge is 0.344 e. The first-order valence-corrected chi connectivity index (χ1v) is 12.9. The van der Waals surface area contributed by atoms with Crippen molar-refractivity contribution in [1.82, 2.24) is 5.32 Å². The van der Waals surface area contributed by atoms with Crippen LogP contribution in [-0.4, -0.2) is 29.8 Å². The van der Waals surface area contributed by atoms with Crippen molar-refractivity contribution in [2.45, 2.75) is 26.3 Å². The van der Waals surface area contributed by atoms with E-state index in [0.29, 0.717) is 19.0 Å². The second-order valence-corrected chi connectivity index (χ2v) is 11.3. The Labute approximate surface area is 235 Å². The van der Waals surface area contributed by atoms with Crippen molar-refractivity contribution >= 4 is 72.8 Å². The standard InChI is InChI=1S/C26H21Br2Cl2NO5/c1-26(2,3)31-13-21(32)14-4-9-22(35-24(33)17-11-15(29)5-7-19(17)27)23(10-14)36-25(34)18-12-16(30)6-8-20(18)28/h4-12,31H,13H2,1-3H3. The molecule has 6 nitrogen and oxygen atoms in total. The molecule has 0 heterocycles.